The van der Waals surface area contributed by atoms with Gasteiger partial charge in [-0.2, -0.15) is 5.26 Å². The average Bonchev–Trinajstić information content (AvgIpc) is 1.46. The number of hydrogen-bond donors (Lipinski definition) is 0. The second-order valence-electron chi connectivity index (χ2n) is 0.224. The standard InChI is InChI=1S/C2H3N.C2H4.2BrH/c1-2-3;1-2;;/h1H3;1-2H2;2*1H. The summed E-state index contributed by atoms with van der Waals surface area (Å²) in [5, 5.41) is 7.32. The van der Waals surface area contributed by atoms with Crippen molar-refractivity contribution in [3.8, 4) is 6.07 Å². The largest absolute Gasteiger partial charge is 0.199 e. The van der Waals surface area contributed by atoms with Gasteiger partial charge >= 0.3 is 0 Å². The highest BCUT2D eigenvalue weighted by Crippen LogP contribution is 1.21. The fraction of sp³-hybridized carbons (Fsp3) is 0.250. The van der Waals surface area contributed by atoms with E-state index >= 15 is 0 Å². The monoisotopic (exact) mass is 229 g/mol. The molecule has 0 aliphatic rings. The Morgan fingerprint density at radius 3 is 1.29 bits per heavy atom. The normalized spacial score (nSPS) is 1.71. The van der Waals surface area contributed by atoms with Gasteiger partial charge in [0, 0.05) is 6.92 Å². The SMILES string of the molecule is Br.Br.C=C.CC#N. The van der Waals surface area contributed by atoms with Crippen LogP contribution in [0.4, 0.5) is 0 Å². The predicted octanol–water partition coefficient (Wildman–Crippen LogP) is 2.49. The van der Waals surface area contributed by atoms with Gasteiger partial charge in [-0.3, -0.25) is 0 Å². The average molecular weight is 231 g/mol. The van der Waals surface area contributed by atoms with Crippen molar-refractivity contribution in [3.05, 3.63) is 13.2 Å². The topological polar surface area (TPSA) is 23.8 Å². The molecule has 0 fully saturated rings. The van der Waals surface area contributed by atoms with Gasteiger partial charge in [-0.05, 0) is 0 Å². The Balaban J connectivity index is -0.0000000105. The Bertz CT molecular complexity index is 39.4. The molecule has 0 bridgehead atoms. The molecule has 0 aromatic carbocycles. The van der Waals surface area contributed by atoms with Gasteiger partial charge in [0.2, 0.25) is 0 Å². The number of rotatable bonds is 0. The molecule has 1 nitrogen and oxygen atoms in total. The summed E-state index contributed by atoms with van der Waals surface area (Å²) in [6.45, 7) is 7.43. The summed E-state index contributed by atoms with van der Waals surface area (Å²) in [4.78, 5) is 0. The number of nitrogens with zero attached hydrogens (tertiary/aromatic N) is 1. The minimum absolute atomic E-state index is 0. The summed E-state index contributed by atoms with van der Waals surface area (Å²) in [5.74, 6) is 0. The third-order valence-corrected chi connectivity index (χ3v) is 0. The molecule has 0 saturated carbocycles. The molecule has 0 radical (unpaired) electrons. The van der Waals surface area contributed by atoms with Gasteiger partial charge in [-0.15, -0.1) is 47.1 Å². The molecule has 7 heavy (non-hydrogen) atoms. The molecule has 0 spiro atoms. The van der Waals surface area contributed by atoms with Crippen LogP contribution in [0.5, 0.6) is 0 Å². The smallest absolute Gasteiger partial charge is 0.0587 e. The van der Waals surface area contributed by atoms with Crippen LogP contribution >= 0.6 is 34.0 Å². The Morgan fingerprint density at radius 1 is 1.29 bits per heavy atom. The third-order valence-electron chi connectivity index (χ3n) is 0. The molecule has 0 N–H and O–H groups in total. The lowest BCUT2D eigenvalue weighted by Crippen LogP contribution is -1.10. The molecule has 0 saturated heterocycles. The highest BCUT2D eigenvalue weighted by molar-refractivity contribution is 8.93. The quantitative estimate of drug-likeness (QED) is 0.587. The first-order valence-corrected chi connectivity index (χ1v) is 1.22. The van der Waals surface area contributed by atoms with E-state index in [1.54, 1.807) is 6.07 Å². The number of hydrogen-bond acceptors (Lipinski definition) is 1. The van der Waals surface area contributed by atoms with Gasteiger partial charge in [-0.1, -0.05) is 0 Å². The molecule has 0 atom stereocenters. The van der Waals surface area contributed by atoms with Gasteiger partial charge in [0.15, 0.2) is 0 Å². The van der Waals surface area contributed by atoms with Crippen molar-refractivity contribution in [2.45, 2.75) is 6.92 Å². The molecule has 0 aliphatic carbocycles. The van der Waals surface area contributed by atoms with E-state index in [0.29, 0.717) is 0 Å². The third kappa shape index (κ3) is 3010. The maximum atomic E-state index is 7.32. The zero-order chi connectivity index (χ0) is 4.71. The van der Waals surface area contributed by atoms with E-state index < -0.39 is 0 Å². The van der Waals surface area contributed by atoms with E-state index in [-0.39, 0.29) is 34.0 Å². The lowest BCUT2D eigenvalue weighted by molar-refractivity contribution is 1.49. The predicted molar refractivity (Wildman–Crippen MR) is 43.2 cm³/mol. The van der Waals surface area contributed by atoms with Crippen LogP contribution in [0.3, 0.4) is 0 Å². The molecule has 44 valence electrons. The van der Waals surface area contributed by atoms with Gasteiger partial charge < -0.3 is 0 Å². The molecule has 0 aliphatic heterocycles. The van der Waals surface area contributed by atoms with Crippen LogP contribution in [-0.2, 0) is 0 Å². The Kier molecular flexibility index (Phi) is 455. The maximum absolute atomic E-state index is 7.32. The van der Waals surface area contributed by atoms with Crippen LogP contribution in [0, 0.1) is 11.3 Å². The molecule has 0 heterocycles. The summed E-state index contributed by atoms with van der Waals surface area (Å²) in [5.41, 5.74) is 0. The zero-order valence-electron chi connectivity index (χ0n) is 4.18. The summed E-state index contributed by atoms with van der Waals surface area (Å²) in [6.07, 6.45) is 0. The lowest BCUT2D eigenvalue weighted by Gasteiger charge is -1.15. The van der Waals surface area contributed by atoms with Crippen LogP contribution < -0.4 is 0 Å². The van der Waals surface area contributed by atoms with Gasteiger partial charge in [-0.25, -0.2) is 0 Å². The van der Waals surface area contributed by atoms with Gasteiger partial charge in [0.05, 0.1) is 6.07 Å². The van der Waals surface area contributed by atoms with Crippen molar-refractivity contribution in [2.24, 2.45) is 0 Å². The molecule has 0 rings (SSSR count). The molecule has 3 heteroatoms. The fourth-order valence-corrected chi connectivity index (χ4v) is 0. The first-order chi connectivity index (χ1) is 2.41. The van der Waals surface area contributed by atoms with Crippen molar-refractivity contribution in [3.63, 3.8) is 0 Å². The van der Waals surface area contributed by atoms with Crippen LogP contribution in [0.15, 0.2) is 13.2 Å². The van der Waals surface area contributed by atoms with Crippen LogP contribution in [0.2, 0.25) is 0 Å². The van der Waals surface area contributed by atoms with Crippen molar-refractivity contribution in [1.29, 1.82) is 5.26 Å². The van der Waals surface area contributed by atoms with E-state index in [0.717, 1.165) is 0 Å². The minimum atomic E-state index is 0. The Hall–Kier alpha value is 0.190. The summed E-state index contributed by atoms with van der Waals surface area (Å²) in [7, 11) is 0. The van der Waals surface area contributed by atoms with Crippen LogP contribution in [0.1, 0.15) is 6.92 Å². The van der Waals surface area contributed by atoms with E-state index in [4.69, 9.17) is 5.26 Å². The maximum Gasteiger partial charge on any atom is 0.0587 e. The highest BCUT2D eigenvalue weighted by Gasteiger charge is 1.17. The molecular weight excluding hydrogens is 222 g/mol. The first kappa shape index (κ1) is 27.1. The fourth-order valence-electron chi connectivity index (χ4n) is 0. The highest BCUT2D eigenvalue weighted by atomic mass is 79.9. The molecule has 0 aromatic rings. The van der Waals surface area contributed by atoms with Gasteiger partial charge in [0.25, 0.3) is 0 Å². The molecule has 0 aromatic heterocycles. The summed E-state index contributed by atoms with van der Waals surface area (Å²) in [6, 6.07) is 1.75. The van der Waals surface area contributed by atoms with Crippen molar-refractivity contribution in [1.82, 2.24) is 0 Å². The second kappa shape index (κ2) is 118. The first-order valence-electron chi connectivity index (χ1n) is 1.22. The molecular formula is C4H9Br2N. The number of nitriles is 1. The molecule has 0 amide bonds. The van der Waals surface area contributed by atoms with Crippen molar-refractivity contribution in [2.75, 3.05) is 0 Å². The molecule has 0 unspecified atom stereocenters. The minimum Gasteiger partial charge on any atom is -0.199 e. The summed E-state index contributed by atoms with van der Waals surface area (Å²) < 4.78 is 0. The zero-order valence-corrected chi connectivity index (χ0v) is 7.60. The van der Waals surface area contributed by atoms with E-state index in [9.17, 15) is 0 Å². The second-order valence-corrected chi connectivity index (χ2v) is 0.224. The van der Waals surface area contributed by atoms with Crippen LogP contribution in [-0.4, -0.2) is 0 Å². The number of halogens is 2. The lowest BCUT2D eigenvalue weighted by atomic mass is 11.0. The van der Waals surface area contributed by atoms with E-state index in [1.165, 1.54) is 6.92 Å². The Morgan fingerprint density at radius 2 is 1.29 bits per heavy atom. The van der Waals surface area contributed by atoms with Gasteiger partial charge in [0.1, 0.15) is 0 Å². The van der Waals surface area contributed by atoms with Crippen molar-refractivity contribution < 1.29 is 0 Å². The van der Waals surface area contributed by atoms with E-state index in [2.05, 4.69) is 13.2 Å². The van der Waals surface area contributed by atoms with Crippen LogP contribution in [0.25, 0.3) is 0 Å². The Labute approximate surface area is 65.6 Å². The summed E-state index contributed by atoms with van der Waals surface area (Å²) >= 11 is 0. The van der Waals surface area contributed by atoms with Crippen molar-refractivity contribution >= 4 is 34.0 Å². The van der Waals surface area contributed by atoms with E-state index in [1.807, 2.05) is 0 Å².